The van der Waals surface area contributed by atoms with Crippen molar-refractivity contribution >= 4 is 16.7 Å². The van der Waals surface area contributed by atoms with Crippen molar-refractivity contribution in [3.63, 3.8) is 0 Å². The third-order valence-corrected chi connectivity index (χ3v) is 3.11. The van der Waals surface area contributed by atoms with Gasteiger partial charge in [0.1, 0.15) is 5.75 Å². The van der Waals surface area contributed by atoms with Gasteiger partial charge in [-0.05, 0) is 41.5 Å². The second-order valence-electron chi connectivity index (χ2n) is 5.01. The summed E-state index contributed by atoms with van der Waals surface area (Å²) in [4.78, 5) is 11.6. The van der Waals surface area contributed by atoms with Gasteiger partial charge in [-0.25, -0.2) is 0 Å². The molecule has 4 nitrogen and oxygen atoms in total. The number of nitrogens with two attached hydrogens (primary N) is 1. The van der Waals surface area contributed by atoms with Crippen LogP contribution >= 0.6 is 0 Å². The first-order valence-electron chi connectivity index (χ1n) is 6.67. The summed E-state index contributed by atoms with van der Waals surface area (Å²) in [7, 11) is 1.66. The molecule has 106 valence electrons. The number of carbonyl (C=O) groups is 1. The number of methoxy groups -OCH3 is 1. The molecule has 1 unspecified atom stereocenters. The summed E-state index contributed by atoms with van der Waals surface area (Å²) in [5, 5.41) is 5.12. The molecule has 2 aromatic rings. The summed E-state index contributed by atoms with van der Waals surface area (Å²) >= 11 is 0. The van der Waals surface area contributed by atoms with Gasteiger partial charge in [-0.3, -0.25) is 4.79 Å². The zero-order chi connectivity index (χ0) is 14.5. The van der Waals surface area contributed by atoms with Crippen molar-refractivity contribution in [2.45, 2.75) is 25.9 Å². The highest BCUT2D eigenvalue weighted by Gasteiger charge is 2.05. The third-order valence-electron chi connectivity index (χ3n) is 3.11. The van der Waals surface area contributed by atoms with Crippen LogP contribution in [0.1, 0.15) is 18.9 Å². The summed E-state index contributed by atoms with van der Waals surface area (Å²) in [6.07, 6.45) is 0.352. The van der Waals surface area contributed by atoms with Crippen molar-refractivity contribution in [1.29, 1.82) is 0 Å². The van der Waals surface area contributed by atoms with E-state index in [0.717, 1.165) is 22.1 Å². The van der Waals surface area contributed by atoms with Crippen LogP contribution < -0.4 is 15.8 Å². The molecule has 1 atom stereocenters. The fraction of sp³-hybridized carbons (Fsp3) is 0.312. The van der Waals surface area contributed by atoms with E-state index in [1.54, 1.807) is 7.11 Å². The summed E-state index contributed by atoms with van der Waals surface area (Å²) in [5.74, 6) is 0.824. The molecule has 3 N–H and O–H groups in total. The average Bonchev–Trinajstić information content (AvgIpc) is 2.43. The van der Waals surface area contributed by atoms with Crippen LogP contribution in [0.25, 0.3) is 10.8 Å². The van der Waals surface area contributed by atoms with Crippen LogP contribution in [0.15, 0.2) is 36.4 Å². The molecular weight excluding hydrogens is 252 g/mol. The van der Waals surface area contributed by atoms with Gasteiger partial charge in [0.15, 0.2) is 0 Å². The minimum absolute atomic E-state index is 0.0187. The topological polar surface area (TPSA) is 64.3 Å². The number of hydrogen-bond acceptors (Lipinski definition) is 3. The molecule has 20 heavy (non-hydrogen) atoms. The Morgan fingerprint density at radius 3 is 2.65 bits per heavy atom. The molecule has 0 spiro atoms. The van der Waals surface area contributed by atoms with Gasteiger partial charge < -0.3 is 15.8 Å². The summed E-state index contributed by atoms with van der Waals surface area (Å²) in [6, 6.07) is 11.9. The van der Waals surface area contributed by atoms with Gasteiger partial charge in [0.25, 0.3) is 0 Å². The number of ether oxygens (including phenoxy) is 1. The maximum absolute atomic E-state index is 11.6. The van der Waals surface area contributed by atoms with Crippen LogP contribution in [0.5, 0.6) is 5.75 Å². The predicted molar refractivity (Wildman–Crippen MR) is 80.6 cm³/mol. The van der Waals surface area contributed by atoms with Crippen molar-refractivity contribution < 1.29 is 9.53 Å². The Hall–Kier alpha value is -2.07. The van der Waals surface area contributed by atoms with Crippen molar-refractivity contribution in [2.24, 2.45) is 5.73 Å². The number of rotatable bonds is 5. The fourth-order valence-electron chi connectivity index (χ4n) is 2.08. The molecule has 4 heteroatoms. The largest absolute Gasteiger partial charge is 0.497 e. The molecular formula is C16H20N2O2. The van der Waals surface area contributed by atoms with Crippen LogP contribution in [0, 0.1) is 0 Å². The van der Waals surface area contributed by atoms with Crippen LogP contribution in [0.2, 0.25) is 0 Å². The van der Waals surface area contributed by atoms with Crippen molar-refractivity contribution in [1.82, 2.24) is 5.32 Å². The quantitative estimate of drug-likeness (QED) is 0.877. The highest BCUT2D eigenvalue weighted by Crippen LogP contribution is 2.21. The molecule has 0 heterocycles. The zero-order valence-electron chi connectivity index (χ0n) is 11.8. The van der Waals surface area contributed by atoms with Crippen LogP contribution in [-0.4, -0.2) is 19.1 Å². The van der Waals surface area contributed by atoms with Gasteiger partial charge in [0.05, 0.1) is 7.11 Å². The summed E-state index contributed by atoms with van der Waals surface area (Å²) in [6.45, 7) is 2.34. The minimum Gasteiger partial charge on any atom is -0.497 e. The van der Waals surface area contributed by atoms with E-state index in [1.165, 1.54) is 0 Å². The normalized spacial score (nSPS) is 12.2. The van der Waals surface area contributed by atoms with Gasteiger partial charge in [0, 0.05) is 19.0 Å². The molecule has 0 aliphatic carbocycles. The van der Waals surface area contributed by atoms with Gasteiger partial charge in [0.2, 0.25) is 5.91 Å². The predicted octanol–water partition coefficient (Wildman–Crippen LogP) is 2.20. The number of carbonyl (C=O) groups excluding carboxylic acids is 1. The first-order chi connectivity index (χ1) is 9.58. The second kappa shape index (κ2) is 6.39. The van der Waals surface area contributed by atoms with Gasteiger partial charge in [-0.2, -0.15) is 0 Å². The van der Waals surface area contributed by atoms with E-state index in [1.807, 2.05) is 37.3 Å². The molecule has 0 saturated heterocycles. The maximum atomic E-state index is 11.6. The van der Waals surface area contributed by atoms with E-state index in [4.69, 9.17) is 10.5 Å². The lowest BCUT2D eigenvalue weighted by Crippen LogP contribution is -2.29. The average molecular weight is 272 g/mol. The lowest BCUT2D eigenvalue weighted by atomic mass is 10.1. The number of fused-ring (bicyclic) bond motifs is 1. The molecule has 2 aromatic carbocycles. The maximum Gasteiger partial charge on any atom is 0.221 e. The van der Waals surface area contributed by atoms with Crippen molar-refractivity contribution in [3.05, 3.63) is 42.0 Å². The van der Waals surface area contributed by atoms with E-state index in [-0.39, 0.29) is 11.9 Å². The van der Waals surface area contributed by atoms with E-state index in [2.05, 4.69) is 11.4 Å². The van der Waals surface area contributed by atoms with Gasteiger partial charge in [-0.1, -0.05) is 18.2 Å². The van der Waals surface area contributed by atoms with Gasteiger partial charge >= 0.3 is 0 Å². The smallest absolute Gasteiger partial charge is 0.221 e. The second-order valence-corrected chi connectivity index (χ2v) is 5.01. The molecule has 1 amide bonds. The van der Waals surface area contributed by atoms with E-state index in [9.17, 15) is 4.79 Å². The molecule has 0 aliphatic heterocycles. The lowest BCUT2D eigenvalue weighted by Gasteiger charge is -2.08. The SMILES string of the molecule is COc1ccc2cc(CNC(=O)CC(C)N)ccc2c1. The number of amides is 1. The summed E-state index contributed by atoms with van der Waals surface area (Å²) < 4.78 is 5.20. The Kier molecular flexibility index (Phi) is 4.58. The Bertz CT molecular complexity index is 608. The van der Waals surface area contributed by atoms with E-state index < -0.39 is 0 Å². The van der Waals surface area contributed by atoms with Gasteiger partial charge in [-0.15, -0.1) is 0 Å². The Morgan fingerprint density at radius 2 is 1.95 bits per heavy atom. The molecule has 0 fully saturated rings. The number of benzene rings is 2. The monoisotopic (exact) mass is 272 g/mol. The Morgan fingerprint density at radius 1 is 1.25 bits per heavy atom. The fourth-order valence-corrected chi connectivity index (χ4v) is 2.08. The Labute approximate surface area is 118 Å². The highest BCUT2D eigenvalue weighted by atomic mass is 16.5. The molecule has 0 aromatic heterocycles. The van der Waals surface area contributed by atoms with Crippen molar-refractivity contribution in [3.8, 4) is 5.75 Å². The standard InChI is InChI=1S/C16H20N2O2/c1-11(17)7-16(19)18-10-12-3-4-14-9-15(20-2)6-5-13(14)8-12/h3-6,8-9,11H,7,10,17H2,1-2H3,(H,18,19). The number of hydrogen-bond donors (Lipinski definition) is 2. The summed E-state index contributed by atoms with van der Waals surface area (Å²) in [5.41, 5.74) is 6.66. The van der Waals surface area contributed by atoms with E-state index >= 15 is 0 Å². The molecule has 2 rings (SSSR count). The Balaban J connectivity index is 2.06. The lowest BCUT2D eigenvalue weighted by molar-refractivity contribution is -0.121. The van der Waals surface area contributed by atoms with Crippen LogP contribution in [0.3, 0.4) is 0 Å². The van der Waals surface area contributed by atoms with Crippen LogP contribution in [-0.2, 0) is 11.3 Å². The molecule has 0 aliphatic rings. The van der Waals surface area contributed by atoms with Crippen molar-refractivity contribution in [2.75, 3.05) is 7.11 Å². The third kappa shape index (κ3) is 3.71. The zero-order valence-corrected chi connectivity index (χ0v) is 11.8. The first kappa shape index (κ1) is 14.3. The molecule has 0 bridgehead atoms. The molecule has 0 radical (unpaired) electrons. The van der Waals surface area contributed by atoms with E-state index in [0.29, 0.717) is 13.0 Å². The first-order valence-corrected chi connectivity index (χ1v) is 6.67. The number of nitrogens with one attached hydrogen (secondary N) is 1. The highest BCUT2D eigenvalue weighted by molar-refractivity contribution is 5.84. The van der Waals surface area contributed by atoms with Crippen LogP contribution in [0.4, 0.5) is 0 Å². The molecule has 0 saturated carbocycles. The minimum atomic E-state index is -0.112.